The Balaban J connectivity index is 3.08. The molecule has 1 unspecified atom stereocenters. The van der Waals surface area contributed by atoms with Gasteiger partial charge in [0.2, 0.25) is 0 Å². The number of hydrogen-bond acceptors (Lipinski definition) is 4. The van der Waals surface area contributed by atoms with Crippen LogP contribution in [-0.2, 0) is 11.2 Å². The summed E-state index contributed by atoms with van der Waals surface area (Å²) in [6.07, 6.45) is 2.77. The Labute approximate surface area is 110 Å². The van der Waals surface area contributed by atoms with Gasteiger partial charge in [0.1, 0.15) is 11.9 Å². The summed E-state index contributed by atoms with van der Waals surface area (Å²) in [5, 5.41) is 0. The van der Waals surface area contributed by atoms with Gasteiger partial charge in [-0.1, -0.05) is 20.3 Å². The van der Waals surface area contributed by atoms with Crippen LogP contribution in [0.5, 0.6) is 0 Å². The minimum Gasteiger partial charge on any atom is -0.383 e. The van der Waals surface area contributed by atoms with Gasteiger partial charge in [0, 0.05) is 7.11 Å². The molecule has 1 aromatic heterocycles. The molecule has 90 valence electrons. The van der Waals surface area contributed by atoms with Crippen LogP contribution in [0.25, 0.3) is 0 Å². The third-order valence-corrected chi connectivity index (χ3v) is 3.60. The lowest BCUT2D eigenvalue weighted by Gasteiger charge is -2.15. The summed E-state index contributed by atoms with van der Waals surface area (Å²) in [4.78, 5) is 8.82. The summed E-state index contributed by atoms with van der Waals surface area (Å²) in [7, 11) is 1.68. The number of halogens is 1. The smallest absolute Gasteiger partial charge is 0.159 e. The lowest BCUT2D eigenvalue weighted by molar-refractivity contribution is 0.0875. The maximum atomic E-state index is 5.87. The monoisotopic (exact) mass is 335 g/mol. The predicted molar refractivity (Wildman–Crippen MR) is 73.2 cm³/mol. The molecule has 0 aliphatic heterocycles. The highest BCUT2D eigenvalue weighted by Crippen LogP contribution is 2.23. The summed E-state index contributed by atoms with van der Waals surface area (Å²) in [6.45, 7) is 4.18. The lowest BCUT2D eigenvalue weighted by atomic mass is 10.2. The Hall–Kier alpha value is -0.430. The van der Waals surface area contributed by atoms with E-state index in [0.717, 1.165) is 28.5 Å². The molecule has 0 bridgehead atoms. The first-order chi connectivity index (χ1) is 7.63. The van der Waals surface area contributed by atoms with E-state index in [-0.39, 0.29) is 6.10 Å². The molecular weight excluding hydrogens is 317 g/mol. The van der Waals surface area contributed by atoms with E-state index in [2.05, 4.69) is 46.4 Å². The minimum atomic E-state index is -0.0467. The van der Waals surface area contributed by atoms with Gasteiger partial charge in [-0.25, -0.2) is 9.97 Å². The predicted octanol–water partition coefficient (Wildman–Crippen LogP) is 2.71. The van der Waals surface area contributed by atoms with Crippen molar-refractivity contribution >= 4 is 28.4 Å². The first-order valence-electron chi connectivity index (χ1n) is 5.48. The van der Waals surface area contributed by atoms with Crippen LogP contribution in [0.2, 0.25) is 0 Å². The number of ether oxygens (including phenoxy) is 1. The maximum absolute atomic E-state index is 5.87. The molecule has 0 radical (unpaired) electrons. The molecule has 1 aromatic rings. The fraction of sp³-hybridized carbons (Fsp3) is 0.636. The second-order valence-corrected chi connectivity index (χ2v) is 4.67. The summed E-state index contributed by atoms with van der Waals surface area (Å²) in [5.41, 5.74) is 6.87. The number of nitrogens with two attached hydrogens (primary N) is 1. The Kier molecular flexibility index (Phi) is 5.40. The first-order valence-corrected chi connectivity index (χ1v) is 6.56. The van der Waals surface area contributed by atoms with Crippen molar-refractivity contribution in [1.82, 2.24) is 9.97 Å². The second kappa shape index (κ2) is 6.34. The summed E-state index contributed by atoms with van der Waals surface area (Å²) in [6, 6.07) is 0. The van der Waals surface area contributed by atoms with E-state index in [0.29, 0.717) is 11.6 Å². The molecule has 5 heteroatoms. The van der Waals surface area contributed by atoms with Crippen molar-refractivity contribution in [1.29, 1.82) is 0 Å². The highest BCUT2D eigenvalue weighted by atomic mass is 127. The van der Waals surface area contributed by atoms with Crippen LogP contribution in [0.1, 0.15) is 44.3 Å². The molecule has 16 heavy (non-hydrogen) atoms. The largest absolute Gasteiger partial charge is 0.383 e. The van der Waals surface area contributed by atoms with Crippen LogP contribution >= 0.6 is 22.6 Å². The molecule has 0 aliphatic rings. The number of aromatic nitrogens is 2. The van der Waals surface area contributed by atoms with Gasteiger partial charge >= 0.3 is 0 Å². The number of hydrogen-bond donors (Lipinski definition) is 1. The van der Waals surface area contributed by atoms with Crippen molar-refractivity contribution in [3.63, 3.8) is 0 Å². The molecule has 0 amide bonds. The molecule has 0 saturated carbocycles. The zero-order valence-corrected chi connectivity index (χ0v) is 12.1. The van der Waals surface area contributed by atoms with Gasteiger partial charge in [0.05, 0.1) is 9.26 Å². The van der Waals surface area contributed by atoms with Crippen molar-refractivity contribution in [3.05, 3.63) is 15.1 Å². The lowest BCUT2D eigenvalue weighted by Crippen LogP contribution is -2.12. The minimum absolute atomic E-state index is 0.0467. The Morgan fingerprint density at radius 1 is 1.38 bits per heavy atom. The Morgan fingerprint density at radius 3 is 2.56 bits per heavy atom. The topological polar surface area (TPSA) is 61.0 Å². The van der Waals surface area contributed by atoms with Crippen LogP contribution in [0.4, 0.5) is 5.82 Å². The number of aryl methyl sites for hydroxylation is 1. The van der Waals surface area contributed by atoms with E-state index in [1.807, 2.05) is 0 Å². The fourth-order valence-electron chi connectivity index (χ4n) is 1.53. The van der Waals surface area contributed by atoms with Gasteiger partial charge < -0.3 is 10.5 Å². The zero-order valence-electron chi connectivity index (χ0n) is 9.96. The molecule has 0 saturated heterocycles. The van der Waals surface area contributed by atoms with E-state index >= 15 is 0 Å². The molecule has 0 spiro atoms. The Morgan fingerprint density at radius 2 is 2.06 bits per heavy atom. The second-order valence-electron chi connectivity index (χ2n) is 3.59. The van der Waals surface area contributed by atoms with Crippen molar-refractivity contribution in [3.8, 4) is 0 Å². The van der Waals surface area contributed by atoms with E-state index < -0.39 is 0 Å². The van der Waals surface area contributed by atoms with E-state index in [9.17, 15) is 0 Å². The van der Waals surface area contributed by atoms with Crippen LogP contribution < -0.4 is 5.73 Å². The third-order valence-electron chi connectivity index (χ3n) is 2.42. The van der Waals surface area contributed by atoms with Crippen molar-refractivity contribution < 1.29 is 4.74 Å². The highest BCUT2D eigenvalue weighted by Gasteiger charge is 2.16. The fourth-order valence-corrected chi connectivity index (χ4v) is 2.15. The highest BCUT2D eigenvalue weighted by molar-refractivity contribution is 14.1. The molecule has 0 aromatic carbocycles. The normalized spacial score (nSPS) is 12.8. The van der Waals surface area contributed by atoms with Crippen LogP contribution in [0.3, 0.4) is 0 Å². The van der Waals surface area contributed by atoms with Crippen molar-refractivity contribution in [2.45, 2.75) is 39.2 Å². The molecule has 4 nitrogen and oxygen atoms in total. The zero-order chi connectivity index (χ0) is 12.1. The van der Waals surface area contributed by atoms with Gasteiger partial charge in [-0.05, 0) is 35.4 Å². The van der Waals surface area contributed by atoms with Crippen molar-refractivity contribution in [2.24, 2.45) is 0 Å². The number of nitrogen functional groups attached to an aromatic ring is 1. The summed E-state index contributed by atoms with van der Waals surface area (Å²) >= 11 is 2.19. The molecule has 1 rings (SSSR count). The third kappa shape index (κ3) is 3.04. The van der Waals surface area contributed by atoms with Gasteiger partial charge in [-0.3, -0.25) is 0 Å². The van der Waals surface area contributed by atoms with Crippen LogP contribution in [0, 0.1) is 3.57 Å². The SMILES string of the molecule is CCCC(OC)c1nc(N)c(I)c(CC)n1. The molecule has 2 N–H and O–H groups in total. The van der Waals surface area contributed by atoms with E-state index in [4.69, 9.17) is 10.5 Å². The first kappa shape index (κ1) is 13.6. The number of anilines is 1. The van der Waals surface area contributed by atoms with Gasteiger partial charge in [-0.15, -0.1) is 0 Å². The summed E-state index contributed by atoms with van der Waals surface area (Å²) < 4.78 is 6.34. The molecule has 1 atom stereocenters. The molecular formula is C11H18IN3O. The molecule has 1 heterocycles. The molecule has 0 aliphatic carbocycles. The van der Waals surface area contributed by atoms with Gasteiger partial charge in [-0.2, -0.15) is 0 Å². The van der Waals surface area contributed by atoms with Crippen LogP contribution in [-0.4, -0.2) is 17.1 Å². The van der Waals surface area contributed by atoms with E-state index in [1.165, 1.54) is 0 Å². The number of methoxy groups -OCH3 is 1. The molecule has 0 fully saturated rings. The number of nitrogens with zero attached hydrogens (tertiary/aromatic N) is 2. The van der Waals surface area contributed by atoms with Crippen LogP contribution in [0.15, 0.2) is 0 Å². The average molecular weight is 335 g/mol. The average Bonchev–Trinajstić information content (AvgIpc) is 2.29. The quantitative estimate of drug-likeness (QED) is 0.841. The van der Waals surface area contributed by atoms with E-state index in [1.54, 1.807) is 7.11 Å². The number of rotatable bonds is 5. The van der Waals surface area contributed by atoms with Gasteiger partial charge in [0.25, 0.3) is 0 Å². The summed E-state index contributed by atoms with van der Waals surface area (Å²) in [5.74, 6) is 1.26. The Bertz CT molecular complexity index is 357. The standard InChI is InChI=1S/C11H18IN3O/c1-4-6-8(16-3)11-14-7(5-2)9(12)10(13)15-11/h8H,4-6H2,1-3H3,(H2,13,14,15). The van der Waals surface area contributed by atoms with Gasteiger partial charge in [0.15, 0.2) is 5.82 Å². The maximum Gasteiger partial charge on any atom is 0.159 e. The van der Waals surface area contributed by atoms with Crippen molar-refractivity contribution in [2.75, 3.05) is 12.8 Å².